The van der Waals surface area contributed by atoms with Crippen LogP contribution in [0.4, 0.5) is 0 Å². The van der Waals surface area contributed by atoms with E-state index in [2.05, 4.69) is 0 Å². The molecular formula is C11H13NO4S. The molecule has 0 aromatic heterocycles. The Morgan fingerprint density at radius 3 is 2.29 bits per heavy atom. The molecule has 0 aliphatic heterocycles. The Kier molecular flexibility index (Phi) is 4.53. The third-order valence-corrected chi connectivity index (χ3v) is 3.37. The molecule has 0 aliphatic carbocycles. The maximum atomic E-state index is 11.1. The van der Waals surface area contributed by atoms with Crippen LogP contribution in [0, 0.1) is 0 Å². The van der Waals surface area contributed by atoms with Crippen LogP contribution in [-0.4, -0.2) is 27.0 Å². The number of aliphatic carboxylic acids is 2. The van der Waals surface area contributed by atoms with E-state index in [0.717, 1.165) is 11.8 Å². The van der Waals surface area contributed by atoms with E-state index in [1.54, 1.807) is 30.3 Å². The maximum Gasteiger partial charge on any atom is 0.334 e. The van der Waals surface area contributed by atoms with Crippen molar-refractivity contribution in [1.82, 2.24) is 0 Å². The molecule has 0 saturated heterocycles. The Labute approximate surface area is 103 Å². The monoisotopic (exact) mass is 255 g/mol. The summed E-state index contributed by atoms with van der Waals surface area (Å²) >= 11 is 0.956. The molecule has 0 spiro atoms. The molecule has 1 aromatic carbocycles. The van der Waals surface area contributed by atoms with Gasteiger partial charge in [0.15, 0.2) is 4.87 Å². The van der Waals surface area contributed by atoms with E-state index >= 15 is 0 Å². The summed E-state index contributed by atoms with van der Waals surface area (Å²) in [6.45, 7) is 0. The minimum absolute atomic E-state index is 0.128. The molecule has 0 heterocycles. The maximum absolute atomic E-state index is 11.1. The fourth-order valence-corrected chi connectivity index (χ4v) is 2.20. The summed E-state index contributed by atoms with van der Waals surface area (Å²) in [7, 11) is 0. The molecule has 1 atom stereocenters. The summed E-state index contributed by atoms with van der Waals surface area (Å²) in [4.78, 5) is 20.6. The van der Waals surface area contributed by atoms with Crippen LogP contribution in [0.5, 0.6) is 0 Å². The first-order chi connectivity index (χ1) is 7.94. The van der Waals surface area contributed by atoms with Gasteiger partial charge in [-0.2, -0.15) is 0 Å². The van der Waals surface area contributed by atoms with Crippen LogP contribution >= 0.6 is 11.8 Å². The van der Waals surface area contributed by atoms with Gasteiger partial charge in [-0.1, -0.05) is 30.0 Å². The zero-order valence-corrected chi connectivity index (χ0v) is 9.81. The summed E-state index contributed by atoms with van der Waals surface area (Å²) in [6.07, 6.45) is -0.403. The first kappa shape index (κ1) is 13.5. The van der Waals surface area contributed by atoms with E-state index in [4.69, 9.17) is 15.9 Å². The normalized spacial score (nSPS) is 13.9. The van der Waals surface area contributed by atoms with Crippen molar-refractivity contribution in [2.45, 2.75) is 22.6 Å². The lowest BCUT2D eigenvalue weighted by molar-refractivity contribution is -0.141. The van der Waals surface area contributed by atoms with Gasteiger partial charge >= 0.3 is 11.9 Å². The number of carbonyl (C=O) groups is 2. The van der Waals surface area contributed by atoms with Crippen molar-refractivity contribution in [3.05, 3.63) is 30.3 Å². The number of hydrogen-bond acceptors (Lipinski definition) is 4. The van der Waals surface area contributed by atoms with Gasteiger partial charge in [0.25, 0.3) is 0 Å². The lowest BCUT2D eigenvalue weighted by Gasteiger charge is -2.23. The van der Waals surface area contributed by atoms with Gasteiger partial charge in [-0.15, -0.1) is 0 Å². The molecule has 1 unspecified atom stereocenters. The molecule has 4 N–H and O–H groups in total. The van der Waals surface area contributed by atoms with Crippen LogP contribution in [0.1, 0.15) is 12.8 Å². The Bertz CT molecular complexity index is 409. The highest BCUT2D eigenvalue weighted by atomic mass is 32.2. The Morgan fingerprint density at radius 1 is 1.24 bits per heavy atom. The molecule has 1 aromatic rings. The highest BCUT2D eigenvalue weighted by molar-refractivity contribution is 8.01. The average molecular weight is 255 g/mol. The third kappa shape index (κ3) is 4.08. The molecule has 0 amide bonds. The van der Waals surface area contributed by atoms with Crippen LogP contribution < -0.4 is 5.73 Å². The predicted molar refractivity (Wildman–Crippen MR) is 63.7 cm³/mol. The highest BCUT2D eigenvalue weighted by Gasteiger charge is 2.35. The lowest BCUT2D eigenvalue weighted by atomic mass is 10.1. The second-order valence-electron chi connectivity index (χ2n) is 3.50. The summed E-state index contributed by atoms with van der Waals surface area (Å²) in [6, 6.07) is 8.80. The molecule has 0 fully saturated rings. The first-order valence-corrected chi connectivity index (χ1v) is 5.74. The van der Waals surface area contributed by atoms with E-state index in [-0.39, 0.29) is 12.8 Å². The third-order valence-electron chi connectivity index (χ3n) is 2.12. The fraction of sp³-hybridized carbons (Fsp3) is 0.273. The Hall–Kier alpha value is -1.53. The average Bonchev–Trinajstić information content (AvgIpc) is 2.27. The number of carboxylic acid groups (broad SMARTS) is 2. The Morgan fingerprint density at radius 2 is 1.82 bits per heavy atom. The van der Waals surface area contributed by atoms with Crippen molar-refractivity contribution in [3.8, 4) is 0 Å². The summed E-state index contributed by atoms with van der Waals surface area (Å²) < 4.78 is 0. The minimum Gasteiger partial charge on any atom is -0.481 e. The summed E-state index contributed by atoms with van der Waals surface area (Å²) in [5.41, 5.74) is 5.72. The fourth-order valence-electron chi connectivity index (χ4n) is 1.19. The highest BCUT2D eigenvalue weighted by Crippen LogP contribution is 2.32. The number of nitrogens with two attached hydrogens (primary N) is 1. The molecule has 5 nitrogen and oxygen atoms in total. The van der Waals surface area contributed by atoms with Gasteiger partial charge < -0.3 is 15.9 Å². The van der Waals surface area contributed by atoms with Crippen molar-refractivity contribution < 1.29 is 19.8 Å². The van der Waals surface area contributed by atoms with Gasteiger partial charge in [-0.05, 0) is 18.6 Å². The molecule has 6 heteroatoms. The lowest BCUT2D eigenvalue weighted by Crippen LogP contribution is -2.44. The van der Waals surface area contributed by atoms with Crippen LogP contribution in [0.15, 0.2) is 35.2 Å². The molecular weight excluding hydrogens is 242 g/mol. The van der Waals surface area contributed by atoms with Crippen molar-refractivity contribution in [3.63, 3.8) is 0 Å². The second kappa shape index (κ2) is 5.70. The summed E-state index contributed by atoms with van der Waals surface area (Å²) in [5.74, 6) is -2.28. The number of thioether (sulfide) groups is 1. The van der Waals surface area contributed by atoms with E-state index < -0.39 is 16.8 Å². The van der Waals surface area contributed by atoms with Crippen molar-refractivity contribution >= 4 is 23.7 Å². The predicted octanol–water partition coefficient (Wildman–Crippen LogP) is 1.38. The number of rotatable bonds is 6. The molecule has 0 saturated carbocycles. The second-order valence-corrected chi connectivity index (χ2v) is 4.91. The largest absolute Gasteiger partial charge is 0.481 e. The van der Waals surface area contributed by atoms with Gasteiger partial charge in [0.05, 0.1) is 0 Å². The van der Waals surface area contributed by atoms with Crippen LogP contribution in [0.25, 0.3) is 0 Å². The molecule has 0 radical (unpaired) electrons. The topological polar surface area (TPSA) is 101 Å². The zero-order valence-electron chi connectivity index (χ0n) is 9.00. The van der Waals surface area contributed by atoms with Crippen LogP contribution in [0.3, 0.4) is 0 Å². The Balaban J connectivity index is 2.78. The van der Waals surface area contributed by atoms with Crippen molar-refractivity contribution in [2.75, 3.05) is 0 Å². The van der Waals surface area contributed by atoms with Gasteiger partial charge in [0, 0.05) is 11.3 Å². The van der Waals surface area contributed by atoms with Crippen LogP contribution in [-0.2, 0) is 9.59 Å². The van der Waals surface area contributed by atoms with Gasteiger partial charge in [0.2, 0.25) is 0 Å². The molecule has 17 heavy (non-hydrogen) atoms. The molecule has 0 bridgehead atoms. The van der Waals surface area contributed by atoms with E-state index in [0.29, 0.717) is 4.90 Å². The molecule has 0 aliphatic rings. The number of hydrogen-bond donors (Lipinski definition) is 3. The summed E-state index contributed by atoms with van der Waals surface area (Å²) in [5, 5.41) is 17.6. The number of benzene rings is 1. The van der Waals surface area contributed by atoms with Crippen LogP contribution in [0.2, 0.25) is 0 Å². The van der Waals surface area contributed by atoms with Gasteiger partial charge in [0.1, 0.15) is 0 Å². The van der Waals surface area contributed by atoms with Crippen molar-refractivity contribution in [2.24, 2.45) is 5.73 Å². The molecule has 1 rings (SSSR count). The zero-order chi connectivity index (χ0) is 12.9. The van der Waals surface area contributed by atoms with E-state index in [1.807, 2.05) is 0 Å². The van der Waals surface area contributed by atoms with Gasteiger partial charge in [-0.3, -0.25) is 4.79 Å². The quantitative estimate of drug-likeness (QED) is 0.524. The van der Waals surface area contributed by atoms with Gasteiger partial charge in [-0.25, -0.2) is 4.79 Å². The smallest absolute Gasteiger partial charge is 0.334 e. The molecule has 92 valence electrons. The van der Waals surface area contributed by atoms with E-state index in [1.165, 1.54) is 0 Å². The first-order valence-electron chi connectivity index (χ1n) is 4.92. The number of carboxylic acids is 2. The minimum atomic E-state index is -1.61. The van der Waals surface area contributed by atoms with E-state index in [9.17, 15) is 9.59 Å². The van der Waals surface area contributed by atoms with Crippen molar-refractivity contribution in [1.29, 1.82) is 0 Å². The standard InChI is InChI=1S/C11H13NO4S/c12-11(10(15)16,7-6-9(13)14)17-8-4-2-1-3-5-8/h1-5H,6-7,12H2,(H,13,14)(H,15,16). The SMILES string of the molecule is NC(CCC(=O)O)(Sc1ccccc1)C(=O)O.